The van der Waals surface area contributed by atoms with Crippen LogP contribution in [0.25, 0.3) is 0 Å². The number of rotatable bonds is 36. The first-order chi connectivity index (χ1) is 27.3. The summed E-state index contributed by atoms with van der Waals surface area (Å²) in [6.07, 6.45) is 59.3. The lowest BCUT2D eigenvalue weighted by molar-refractivity contribution is -0.161. The maximum atomic E-state index is 12.4. The molecule has 0 aromatic rings. The van der Waals surface area contributed by atoms with Crippen LogP contribution in [0.3, 0.4) is 0 Å². The van der Waals surface area contributed by atoms with E-state index in [1.165, 1.54) is 25.7 Å². The molecule has 0 aromatic heterocycles. The summed E-state index contributed by atoms with van der Waals surface area (Å²) in [4.78, 5) is 42.8. The average Bonchev–Trinajstić information content (AvgIpc) is 3.17. The summed E-state index contributed by atoms with van der Waals surface area (Å²) in [7, 11) is -4.79. The zero-order valence-electron chi connectivity index (χ0n) is 34.5. The number of carbonyl (C=O) groups excluding carboxylic acids is 2. The predicted molar refractivity (Wildman–Crippen MR) is 234 cm³/mol. The van der Waals surface area contributed by atoms with Gasteiger partial charge in [-0.2, -0.15) is 0 Å². The first-order valence-electron chi connectivity index (χ1n) is 20.8. The summed E-state index contributed by atoms with van der Waals surface area (Å²) in [5.74, 6) is -1.03. The second-order valence-corrected chi connectivity index (χ2v) is 14.5. The van der Waals surface area contributed by atoms with Crippen LogP contribution < -0.4 is 0 Å². The molecule has 56 heavy (non-hydrogen) atoms. The molecule has 0 aliphatic rings. The maximum Gasteiger partial charge on any atom is 0.469 e. The lowest BCUT2D eigenvalue weighted by Gasteiger charge is -2.18. The highest BCUT2D eigenvalue weighted by atomic mass is 31.2. The Balaban J connectivity index is 4.16. The Morgan fingerprint density at radius 3 is 1.32 bits per heavy atom. The topological polar surface area (TPSA) is 119 Å². The van der Waals surface area contributed by atoms with Crippen molar-refractivity contribution >= 4 is 19.8 Å². The van der Waals surface area contributed by atoms with E-state index in [9.17, 15) is 14.2 Å². The number of phosphoric ester groups is 1. The molecule has 0 aromatic carbocycles. The molecular formula is C47H73O8P. The van der Waals surface area contributed by atoms with E-state index in [1.54, 1.807) is 0 Å². The Kier molecular flexibility index (Phi) is 38.5. The van der Waals surface area contributed by atoms with Gasteiger partial charge in [0.15, 0.2) is 6.10 Å². The Morgan fingerprint density at radius 2 is 0.893 bits per heavy atom. The van der Waals surface area contributed by atoms with Gasteiger partial charge in [0.1, 0.15) is 6.61 Å². The van der Waals surface area contributed by atoms with Crippen LogP contribution in [0.5, 0.6) is 0 Å². The highest BCUT2D eigenvalue weighted by molar-refractivity contribution is 7.46. The highest BCUT2D eigenvalue weighted by Crippen LogP contribution is 2.36. The molecular weight excluding hydrogens is 723 g/mol. The smallest absolute Gasteiger partial charge is 0.462 e. The van der Waals surface area contributed by atoms with E-state index in [4.69, 9.17) is 19.3 Å². The van der Waals surface area contributed by atoms with Gasteiger partial charge < -0.3 is 19.3 Å². The standard InChI is InChI=1S/C47H73O8P/c1-3-5-7-9-11-13-15-17-19-21-23-25-27-29-31-33-35-37-39-41-46(48)53-43-45(44-54-56(50,51)52)55-47(49)42-40-38-36-34-32-30-28-26-24-22-20-18-16-14-12-10-8-6-4-2/h6,8,11-14,17-20,23-26,29-32,35,37,45H,3-5,7,9-10,15-16,21-22,27-28,33-34,36,38-44H2,1-2H3,(H2,50,51,52)/b8-6-,13-11-,14-12-,19-17-,20-18-,25-23-,26-24-,31-29-,32-30-,37-35-/t45-/m1/s1. The summed E-state index contributed by atoms with van der Waals surface area (Å²) in [6, 6.07) is 0. The first kappa shape index (κ1) is 52.5. The van der Waals surface area contributed by atoms with Crippen LogP contribution in [0.4, 0.5) is 0 Å². The highest BCUT2D eigenvalue weighted by Gasteiger charge is 2.22. The lowest BCUT2D eigenvalue weighted by Crippen LogP contribution is -2.29. The third-order valence-electron chi connectivity index (χ3n) is 7.98. The van der Waals surface area contributed by atoms with Crippen molar-refractivity contribution in [2.45, 2.75) is 148 Å². The third-order valence-corrected chi connectivity index (χ3v) is 8.46. The largest absolute Gasteiger partial charge is 0.469 e. The van der Waals surface area contributed by atoms with E-state index >= 15 is 0 Å². The number of hydrogen-bond acceptors (Lipinski definition) is 6. The summed E-state index contributed by atoms with van der Waals surface area (Å²) in [5.41, 5.74) is 0. The van der Waals surface area contributed by atoms with Crippen LogP contribution >= 0.6 is 7.82 Å². The number of carbonyl (C=O) groups is 2. The molecule has 0 heterocycles. The van der Waals surface area contributed by atoms with Gasteiger partial charge in [-0.15, -0.1) is 0 Å². The average molecular weight is 797 g/mol. The molecule has 0 fully saturated rings. The second-order valence-electron chi connectivity index (χ2n) is 13.2. The van der Waals surface area contributed by atoms with Gasteiger partial charge >= 0.3 is 19.8 Å². The normalized spacial score (nSPS) is 13.7. The molecule has 0 radical (unpaired) electrons. The molecule has 0 saturated heterocycles. The van der Waals surface area contributed by atoms with Crippen molar-refractivity contribution < 1.29 is 37.9 Å². The molecule has 9 heteroatoms. The Bertz CT molecular complexity index is 1310. The fourth-order valence-corrected chi connectivity index (χ4v) is 5.27. The van der Waals surface area contributed by atoms with E-state index in [0.29, 0.717) is 12.8 Å². The molecule has 0 bridgehead atoms. The van der Waals surface area contributed by atoms with E-state index in [0.717, 1.165) is 77.0 Å². The van der Waals surface area contributed by atoms with Gasteiger partial charge in [0.05, 0.1) is 6.61 Å². The van der Waals surface area contributed by atoms with Crippen molar-refractivity contribution in [1.82, 2.24) is 0 Å². The number of allylic oxidation sites excluding steroid dienone is 20. The fourth-order valence-electron chi connectivity index (χ4n) is 4.91. The van der Waals surface area contributed by atoms with E-state index in [1.807, 2.05) is 12.2 Å². The molecule has 0 spiro atoms. The monoisotopic (exact) mass is 797 g/mol. The molecule has 314 valence electrons. The zero-order chi connectivity index (χ0) is 41.1. The molecule has 0 saturated carbocycles. The van der Waals surface area contributed by atoms with Gasteiger partial charge in [-0.3, -0.25) is 14.1 Å². The summed E-state index contributed by atoms with van der Waals surface area (Å²) >= 11 is 0. The van der Waals surface area contributed by atoms with Crippen molar-refractivity contribution in [3.8, 4) is 0 Å². The molecule has 0 rings (SSSR count). The van der Waals surface area contributed by atoms with E-state index < -0.39 is 32.5 Å². The number of esters is 2. The maximum absolute atomic E-state index is 12.4. The number of unbranched alkanes of at least 4 members (excludes halogenated alkanes) is 6. The van der Waals surface area contributed by atoms with Crippen LogP contribution in [-0.4, -0.2) is 41.0 Å². The molecule has 0 aliphatic carbocycles. The van der Waals surface area contributed by atoms with E-state index in [-0.39, 0.29) is 19.4 Å². The van der Waals surface area contributed by atoms with Crippen LogP contribution in [0.15, 0.2) is 122 Å². The van der Waals surface area contributed by atoms with Gasteiger partial charge in [0.2, 0.25) is 0 Å². The van der Waals surface area contributed by atoms with Crippen molar-refractivity contribution in [1.29, 1.82) is 0 Å². The lowest BCUT2D eigenvalue weighted by atomic mass is 10.1. The Hall–Kier alpha value is -3.55. The van der Waals surface area contributed by atoms with Crippen molar-refractivity contribution in [2.75, 3.05) is 13.2 Å². The predicted octanol–water partition coefficient (Wildman–Crippen LogP) is 13.0. The molecule has 0 unspecified atom stereocenters. The second kappa shape index (κ2) is 41.1. The van der Waals surface area contributed by atoms with Crippen LogP contribution in [0.2, 0.25) is 0 Å². The van der Waals surface area contributed by atoms with E-state index in [2.05, 4.69) is 128 Å². The number of phosphoric acid groups is 1. The van der Waals surface area contributed by atoms with Gasteiger partial charge in [-0.25, -0.2) is 4.57 Å². The molecule has 8 nitrogen and oxygen atoms in total. The Morgan fingerprint density at radius 1 is 0.482 bits per heavy atom. The number of ether oxygens (including phenoxy) is 2. The molecule has 0 amide bonds. The van der Waals surface area contributed by atoms with Crippen LogP contribution in [-0.2, 0) is 28.2 Å². The van der Waals surface area contributed by atoms with Crippen molar-refractivity contribution in [3.63, 3.8) is 0 Å². The SMILES string of the molecule is CC/C=C\C/C=C\C/C=C\C/C=C\C/C=C\CCCCCC(=O)O[C@H](COC(=O)CC/C=C\C/C=C\C/C=C\C/C=C\C/C=C\CCCCC)COP(=O)(O)O. The summed E-state index contributed by atoms with van der Waals surface area (Å²) in [5, 5.41) is 0. The molecule has 1 atom stereocenters. The first-order valence-corrected chi connectivity index (χ1v) is 22.4. The fraction of sp³-hybridized carbons (Fsp3) is 0.532. The summed E-state index contributed by atoms with van der Waals surface area (Å²) in [6.45, 7) is 3.43. The van der Waals surface area contributed by atoms with Crippen molar-refractivity contribution in [3.05, 3.63) is 122 Å². The minimum Gasteiger partial charge on any atom is -0.462 e. The minimum absolute atomic E-state index is 0.128. The van der Waals surface area contributed by atoms with Gasteiger partial charge in [-0.05, 0) is 96.3 Å². The quantitative estimate of drug-likeness (QED) is 0.0278. The van der Waals surface area contributed by atoms with Crippen LogP contribution in [0, 0.1) is 0 Å². The number of hydrogen-bond donors (Lipinski definition) is 2. The zero-order valence-corrected chi connectivity index (χ0v) is 35.4. The van der Waals surface area contributed by atoms with Gasteiger partial charge in [0, 0.05) is 12.8 Å². The Labute approximate surface area is 339 Å². The molecule has 0 aliphatic heterocycles. The van der Waals surface area contributed by atoms with Crippen molar-refractivity contribution in [2.24, 2.45) is 0 Å². The summed E-state index contributed by atoms with van der Waals surface area (Å²) < 4.78 is 26.3. The van der Waals surface area contributed by atoms with Gasteiger partial charge in [-0.1, -0.05) is 155 Å². The third kappa shape index (κ3) is 43.2. The molecule has 2 N–H and O–H groups in total. The van der Waals surface area contributed by atoms with Gasteiger partial charge in [0.25, 0.3) is 0 Å². The minimum atomic E-state index is -4.79. The van der Waals surface area contributed by atoms with Crippen LogP contribution in [0.1, 0.15) is 142 Å².